The zero-order valence-electron chi connectivity index (χ0n) is 23.7. The number of sulfonamides is 1. The van der Waals surface area contributed by atoms with Crippen molar-refractivity contribution in [2.45, 2.75) is 50.7 Å². The van der Waals surface area contributed by atoms with Gasteiger partial charge in [0.15, 0.2) is 11.5 Å². The highest BCUT2D eigenvalue weighted by Crippen LogP contribution is 2.36. The number of rotatable bonds is 11. The minimum absolute atomic E-state index is 0.0167. The van der Waals surface area contributed by atoms with Crippen molar-refractivity contribution in [3.05, 3.63) is 87.9 Å². The fraction of sp³-hybridized carbons (Fsp3) is 0.355. The first-order valence-electron chi connectivity index (χ1n) is 14.0. The van der Waals surface area contributed by atoms with Crippen LogP contribution in [0.25, 0.3) is 0 Å². The van der Waals surface area contributed by atoms with E-state index >= 15 is 0 Å². The molecule has 12 heteroatoms. The minimum Gasteiger partial charge on any atom is -0.454 e. The number of hydrogen-bond donors (Lipinski definition) is 1. The molecule has 2 aliphatic rings. The van der Waals surface area contributed by atoms with Gasteiger partial charge in [-0.2, -0.15) is 0 Å². The average Bonchev–Trinajstić information content (AvgIpc) is 3.66. The van der Waals surface area contributed by atoms with Crippen molar-refractivity contribution >= 4 is 50.7 Å². The van der Waals surface area contributed by atoms with Gasteiger partial charge in [-0.1, -0.05) is 72.4 Å². The van der Waals surface area contributed by atoms with Crippen LogP contribution in [0.4, 0.5) is 5.69 Å². The summed E-state index contributed by atoms with van der Waals surface area (Å²) in [5.41, 5.74) is 1.66. The highest BCUT2D eigenvalue weighted by atomic mass is 35.5. The molecule has 3 aromatic rings. The van der Waals surface area contributed by atoms with Crippen molar-refractivity contribution in [3.63, 3.8) is 0 Å². The maximum Gasteiger partial charge on any atom is 0.244 e. The molecule has 5 rings (SSSR count). The molecule has 0 saturated heterocycles. The zero-order chi connectivity index (χ0) is 30.6. The second-order valence-electron chi connectivity index (χ2n) is 10.8. The first kappa shape index (κ1) is 31.0. The van der Waals surface area contributed by atoms with Crippen LogP contribution in [-0.4, -0.2) is 56.8 Å². The summed E-state index contributed by atoms with van der Waals surface area (Å²) < 4.78 is 37.9. The summed E-state index contributed by atoms with van der Waals surface area (Å²) >= 11 is 12.7. The standard InChI is InChI=1S/C31H33Cl2N3O6S/c1-43(39,40)36(25-13-14-28-29(17-25)42-20-41-28)19-30(37)35(18-22-11-12-23(32)16-26(22)33)27(15-21-7-3-2-4-8-21)31(38)34-24-9-5-6-10-24/h2-4,7-8,11-14,16-17,24,27H,5-6,9-10,15,18-20H2,1H3,(H,34,38)/t27-/m0/s1. The largest absolute Gasteiger partial charge is 0.454 e. The molecule has 1 aliphatic heterocycles. The number of fused-ring (bicyclic) bond motifs is 1. The summed E-state index contributed by atoms with van der Waals surface area (Å²) in [7, 11) is -3.93. The SMILES string of the molecule is CS(=O)(=O)N(CC(=O)N(Cc1ccc(Cl)cc1Cl)[C@@H](Cc1ccccc1)C(=O)NC1CCCC1)c1ccc2c(c1)OCO2. The molecule has 1 aliphatic carbocycles. The van der Waals surface area contributed by atoms with Crippen molar-refractivity contribution in [2.24, 2.45) is 0 Å². The second kappa shape index (κ2) is 13.4. The van der Waals surface area contributed by atoms with E-state index in [2.05, 4.69) is 5.32 Å². The van der Waals surface area contributed by atoms with Gasteiger partial charge < -0.3 is 19.7 Å². The van der Waals surface area contributed by atoms with Gasteiger partial charge in [0.05, 0.1) is 11.9 Å². The highest BCUT2D eigenvalue weighted by molar-refractivity contribution is 7.92. The Labute approximate surface area is 261 Å². The van der Waals surface area contributed by atoms with E-state index in [4.69, 9.17) is 32.7 Å². The molecule has 1 saturated carbocycles. The molecule has 0 unspecified atom stereocenters. The van der Waals surface area contributed by atoms with E-state index in [1.54, 1.807) is 30.3 Å². The molecule has 3 aromatic carbocycles. The van der Waals surface area contributed by atoms with E-state index in [0.717, 1.165) is 41.8 Å². The molecule has 228 valence electrons. The van der Waals surface area contributed by atoms with Gasteiger partial charge in [-0.3, -0.25) is 13.9 Å². The third-order valence-electron chi connectivity index (χ3n) is 7.65. The summed E-state index contributed by atoms with van der Waals surface area (Å²) in [6.45, 7) is -0.571. The Balaban J connectivity index is 1.52. The summed E-state index contributed by atoms with van der Waals surface area (Å²) in [5, 5.41) is 3.90. The van der Waals surface area contributed by atoms with Gasteiger partial charge in [-0.25, -0.2) is 8.42 Å². The van der Waals surface area contributed by atoms with Gasteiger partial charge in [0.25, 0.3) is 0 Å². The monoisotopic (exact) mass is 645 g/mol. The number of carbonyl (C=O) groups excluding carboxylic acids is 2. The van der Waals surface area contributed by atoms with Crippen LogP contribution in [0.3, 0.4) is 0 Å². The van der Waals surface area contributed by atoms with Gasteiger partial charge in [0.1, 0.15) is 12.6 Å². The molecule has 1 heterocycles. The van der Waals surface area contributed by atoms with Gasteiger partial charge >= 0.3 is 0 Å². The number of amides is 2. The van der Waals surface area contributed by atoms with Gasteiger partial charge in [0.2, 0.25) is 28.6 Å². The smallest absolute Gasteiger partial charge is 0.244 e. The Morgan fingerprint density at radius 3 is 2.40 bits per heavy atom. The molecule has 9 nitrogen and oxygen atoms in total. The maximum atomic E-state index is 14.3. The molecular weight excluding hydrogens is 613 g/mol. The lowest BCUT2D eigenvalue weighted by Gasteiger charge is -2.34. The van der Waals surface area contributed by atoms with Crippen LogP contribution in [0.2, 0.25) is 10.0 Å². The second-order valence-corrected chi connectivity index (χ2v) is 13.5. The van der Waals surface area contributed by atoms with E-state index in [0.29, 0.717) is 27.1 Å². The lowest BCUT2D eigenvalue weighted by atomic mass is 10.0. The van der Waals surface area contributed by atoms with Crippen molar-refractivity contribution in [1.82, 2.24) is 10.2 Å². The summed E-state index contributed by atoms with van der Waals surface area (Å²) in [4.78, 5) is 29.6. The van der Waals surface area contributed by atoms with E-state index in [1.165, 1.54) is 11.0 Å². The molecule has 0 bridgehead atoms. The number of nitrogens with one attached hydrogen (secondary N) is 1. The lowest BCUT2D eigenvalue weighted by molar-refractivity contribution is -0.140. The Morgan fingerprint density at radius 2 is 1.70 bits per heavy atom. The topological polar surface area (TPSA) is 105 Å². The zero-order valence-corrected chi connectivity index (χ0v) is 26.0. The van der Waals surface area contributed by atoms with Crippen molar-refractivity contribution < 1.29 is 27.5 Å². The van der Waals surface area contributed by atoms with Crippen LogP contribution in [-0.2, 0) is 32.6 Å². The van der Waals surface area contributed by atoms with Crippen LogP contribution >= 0.6 is 23.2 Å². The first-order chi connectivity index (χ1) is 20.6. The number of nitrogens with zero attached hydrogens (tertiary/aromatic N) is 2. The number of benzene rings is 3. The molecular formula is C31H33Cl2N3O6S. The Morgan fingerprint density at radius 1 is 0.977 bits per heavy atom. The normalized spacial score (nSPS) is 15.2. The quantitative estimate of drug-likeness (QED) is 0.308. The van der Waals surface area contributed by atoms with Crippen LogP contribution in [0, 0.1) is 0 Å². The van der Waals surface area contributed by atoms with E-state index < -0.39 is 28.5 Å². The predicted molar refractivity (Wildman–Crippen MR) is 166 cm³/mol. The molecule has 0 aromatic heterocycles. The fourth-order valence-electron chi connectivity index (χ4n) is 5.41. The number of hydrogen-bond acceptors (Lipinski definition) is 6. The minimum atomic E-state index is -3.93. The van der Waals surface area contributed by atoms with Crippen molar-refractivity contribution in [3.8, 4) is 11.5 Å². The summed E-state index contributed by atoms with van der Waals surface area (Å²) in [6.07, 6.45) is 5.03. The molecule has 1 fully saturated rings. The Bertz CT molecular complexity index is 1580. The summed E-state index contributed by atoms with van der Waals surface area (Å²) in [5.74, 6) is -0.0184. The molecule has 0 radical (unpaired) electrons. The molecule has 2 amide bonds. The lowest BCUT2D eigenvalue weighted by Crippen LogP contribution is -2.54. The Kier molecular flexibility index (Phi) is 9.68. The van der Waals surface area contributed by atoms with E-state index in [9.17, 15) is 18.0 Å². The third kappa shape index (κ3) is 7.74. The summed E-state index contributed by atoms with van der Waals surface area (Å²) in [6, 6.07) is 18.1. The van der Waals surface area contributed by atoms with Crippen LogP contribution in [0.15, 0.2) is 66.7 Å². The Hall–Kier alpha value is -3.47. The van der Waals surface area contributed by atoms with Crippen molar-refractivity contribution in [2.75, 3.05) is 23.9 Å². The number of halogens is 2. The maximum absolute atomic E-state index is 14.3. The highest BCUT2D eigenvalue weighted by Gasteiger charge is 2.35. The fourth-order valence-corrected chi connectivity index (χ4v) is 6.72. The van der Waals surface area contributed by atoms with E-state index in [-0.39, 0.29) is 37.4 Å². The number of ether oxygens (including phenoxy) is 2. The van der Waals surface area contributed by atoms with Crippen LogP contribution in [0.5, 0.6) is 11.5 Å². The molecule has 0 spiro atoms. The number of anilines is 1. The number of carbonyl (C=O) groups is 2. The molecule has 1 N–H and O–H groups in total. The van der Waals surface area contributed by atoms with Crippen molar-refractivity contribution in [1.29, 1.82) is 0 Å². The van der Waals surface area contributed by atoms with Gasteiger partial charge in [-0.05, 0) is 48.2 Å². The average molecular weight is 647 g/mol. The van der Waals surface area contributed by atoms with Gasteiger partial charge in [0, 0.05) is 35.1 Å². The predicted octanol–water partition coefficient (Wildman–Crippen LogP) is 5.19. The van der Waals surface area contributed by atoms with Crippen LogP contribution < -0.4 is 19.1 Å². The molecule has 1 atom stereocenters. The molecule has 43 heavy (non-hydrogen) atoms. The van der Waals surface area contributed by atoms with E-state index in [1.807, 2.05) is 30.3 Å². The third-order valence-corrected chi connectivity index (χ3v) is 9.38. The first-order valence-corrected chi connectivity index (χ1v) is 16.6. The van der Waals surface area contributed by atoms with Gasteiger partial charge in [-0.15, -0.1) is 0 Å². The van der Waals surface area contributed by atoms with Crippen LogP contribution in [0.1, 0.15) is 36.8 Å².